The van der Waals surface area contributed by atoms with Gasteiger partial charge in [0.1, 0.15) is 11.6 Å². The third-order valence-corrected chi connectivity index (χ3v) is 3.59. The van der Waals surface area contributed by atoms with Crippen LogP contribution >= 0.6 is 11.6 Å². The summed E-state index contributed by atoms with van der Waals surface area (Å²) in [5, 5.41) is 0. The topological polar surface area (TPSA) is 27.1 Å². The summed E-state index contributed by atoms with van der Waals surface area (Å²) in [7, 11) is 1.71. The van der Waals surface area contributed by atoms with Gasteiger partial charge in [-0.25, -0.2) is 9.37 Å². The average Bonchev–Trinajstić information content (AvgIpc) is 2.73. The maximum atomic E-state index is 13.6. The van der Waals surface area contributed by atoms with Crippen LogP contribution in [0.2, 0.25) is 0 Å². The van der Waals surface area contributed by atoms with Crippen molar-refractivity contribution in [3.8, 4) is 0 Å². The third kappa shape index (κ3) is 3.30. The van der Waals surface area contributed by atoms with Crippen molar-refractivity contribution >= 4 is 22.6 Å². The molecule has 2 aromatic rings. The van der Waals surface area contributed by atoms with E-state index in [1.807, 2.05) is 6.07 Å². The first kappa shape index (κ1) is 15.3. The van der Waals surface area contributed by atoms with E-state index < -0.39 is 0 Å². The lowest BCUT2D eigenvalue weighted by Gasteiger charge is -2.09. The Morgan fingerprint density at radius 3 is 2.85 bits per heavy atom. The van der Waals surface area contributed by atoms with Crippen LogP contribution in [0.5, 0.6) is 0 Å². The fourth-order valence-electron chi connectivity index (χ4n) is 2.34. The van der Waals surface area contributed by atoms with Crippen molar-refractivity contribution in [1.29, 1.82) is 0 Å². The molecular weight excluding hydrogens is 279 g/mol. The molecule has 0 saturated carbocycles. The number of aryl methyl sites for hydroxylation is 3. The smallest absolute Gasteiger partial charge is 0.128 e. The Balaban J connectivity index is 2.32. The lowest BCUT2D eigenvalue weighted by Crippen LogP contribution is -2.06. The summed E-state index contributed by atoms with van der Waals surface area (Å²) in [6.07, 6.45) is 2.70. The Hall–Kier alpha value is -1.13. The van der Waals surface area contributed by atoms with Gasteiger partial charge in [0.05, 0.1) is 11.0 Å². The molecule has 0 amide bonds. The summed E-state index contributed by atoms with van der Waals surface area (Å²) in [4.78, 5) is 4.51. The molecule has 0 radical (unpaired) electrons. The van der Waals surface area contributed by atoms with Crippen LogP contribution in [0.4, 0.5) is 4.39 Å². The number of alkyl halides is 1. The zero-order valence-corrected chi connectivity index (χ0v) is 12.7. The van der Waals surface area contributed by atoms with Crippen molar-refractivity contribution in [3.05, 3.63) is 29.3 Å². The second kappa shape index (κ2) is 7.04. The molecule has 0 spiro atoms. The second-order valence-corrected chi connectivity index (χ2v) is 5.29. The molecule has 0 atom stereocenters. The van der Waals surface area contributed by atoms with Crippen LogP contribution in [0.1, 0.15) is 24.2 Å². The number of hydrogen-bond acceptors (Lipinski definition) is 2. The largest absolute Gasteiger partial charge is 0.385 e. The molecule has 20 heavy (non-hydrogen) atoms. The number of halogens is 2. The van der Waals surface area contributed by atoms with Gasteiger partial charge in [-0.1, -0.05) is 0 Å². The Bertz CT molecular complexity index is 583. The maximum Gasteiger partial charge on any atom is 0.128 e. The standard InChI is InChI=1S/C15H20ClFN2O/c1-11-9-14-13(10-12(11)17)18-15(5-6-16)19(14)7-3-4-8-20-2/h9-10H,3-8H2,1-2H3. The molecule has 1 aromatic heterocycles. The van der Waals surface area contributed by atoms with Gasteiger partial charge in [-0.2, -0.15) is 0 Å². The molecule has 110 valence electrons. The molecule has 0 N–H and O–H groups in total. The van der Waals surface area contributed by atoms with E-state index in [2.05, 4.69) is 9.55 Å². The van der Waals surface area contributed by atoms with Gasteiger partial charge in [-0.3, -0.25) is 0 Å². The molecular formula is C15H20ClFN2O. The summed E-state index contributed by atoms with van der Waals surface area (Å²) >= 11 is 5.83. The Kier molecular flexibility index (Phi) is 5.38. The number of hydrogen-bond donors (Lipinski definition) is 0. The van der Waals surface area contributed by atoms with Crippen molar-refractivity contribution in [1.82, 2.24) is 9.55 Å². The summed E-state index contributed by atoms with van der Waals surface area (Å²) in [6, 6.07) is 3.37. The van der Waals surface area contributed by atoms with Crippen LogP contribution in [0.3, 0.4) is 0 Å². The minimum Gasteiger partial charge on any atom is -0.385 e. The molecule has 1 aromatic carbocycles. The Morgan fingerprint density at radius 1 is 1.35 bits per heavy atom. The van der Waals surface area contributed by atoms with Gasteiger partial charge in [-0.05, 0) is 31.4 Å². The van der Waals surface area contributed by atoms with E-state index in [1.54, 1.807) is 14.0 Å². The highest BCUT2D eigenvalue weighted by atomic mass is 35.5. The normalized spacial score (nSPS) is 11.4. The number of ether oxygens (including phenoxy) is 1. The first-order valence-electron chi connectivity index (χ1n) is 6.87. The number of rotatable bonds is 7. The number of nitrogens with zero attached hydrogens (tertiary/aromatic N) is 2. The van der Waals surface area contributed by atoms with Crippen LogP contribution < -0.4 is 0 Å². The van der Waals surface area contributed by atoms with Crippen LogP contribution in [0.25, 0.3) is 11.0 Å². The molecule has 0 aliphatic carbocycles. The monoisotopic (exact) mass is 298 g/mol. The zero-order chi connectivity index (χ0) is 14.5. The van der Waals surface area contributed by atoms with Crippen molar-refractivity contribution in [3.63, 3.8) is 0 Å². The predicted octanol–water partition coefficient (Wildman–Crippen LogP) is 3.69. The van der Waals surface area contributed by atoms with Gasteiger partial charge in [0.25, 0.3) is 0 Å². The van der Waals surface area contributed by atoms with Gasteiger partial charge in [0, 0.05) is 38.6 Å². The number of methoxy groups -OCH3 is 1. The van der Waals surface area contributed by atoms with Crippen LogP contribution in [-0.2, 0) is 17.7 Å². The molecule has 0 bridgehead atoms. The first-order valence-corrected chi connectivity index (χ1v) is 7.41. The molecule has 0 fully saturated rings. The quantitative estimate of drug-likeness (QED) is 0.576. The van der Waals surface area contributed by atoms with Gasteiger partial charge in [0.2, 0.25) is 0 Å². The van der Waals surface area contributed by atoms with E-state index in [4.69, 9.17) is 16.3 Å². The predicted molar refractivity (Wildman–Crippen MR) is 80.0 cm³/mol. The van der Waals surface area contributed by atoms with Gasteiger partial charge in [0.15, 0.2) is 0 Å². The minimum atomic E-state index is -0.209. The molecule has 5 heteroatoms. The van der Waals surface area contributed by atoms with Gasteiger partial charge in [-0.15, -0.1) is 11.6 Å². The Labute approximate surface area is 123 Å². The third-order valence-electron chi connectivity index (χ3n) is 3.41. The van der Waals surface area contributed by atoms with E-state index >= 15 is 0 Å². The molecule has 0 aliphatic heterocycles. The van der Waals surface area contributed by atoms with E-state index in [-0.39, 0.29) is 5.82 Å². The molecule has 0 unspecified atom stereocenters. The molecule has 1 heterocycles. The lowest BCUT2D eigenvalue weighted by atomic mass is 10.2. The van der Waals surface area contributed by atoms with E-state index in [1.165, 1.54) is 6.07 Å². The van der Waals surface area contributed by atoms with E-state index in [0.717, 1.165) is 37.3 Å². The average molecular weight is 299 g/mol. The molecule has 3 nitrogen and oxygen atoms in total. The van der Waals surface area contributed by atoms with Crippen LogP contribution in [0, 0.1) is 12.7 Å². The fraction of sp³-hybridized carbons (Fsp3) is 0.533. The minimum absolute atomic E-state index is 0.209. The summed E-state index contributed by atoms with van der Waals surface area (Å²) in [5.41, 5.74) is 2.34. The second-order valence-electron chi connectivity index (χ2n) is 4.91. The van der Waals surface area contributed by atoms with Crippen molar-refractivity contribution < 1.29 is 9.13 Å². The zero-order valence-electron chi connectivity index (χ0n) is 12.0. The number of aromatic nitrogens is 2. The molecule has 0 aliphatic rings. The fourth-order valence-corrected chi connectivity index (χ4v) is 2.51. The summed E-state index contributed by atoms with van der Waals surface area (Å²) in [5.74, 6) is 1.24. The van der Waals surface area contributed by atoms with Gasteiger partial charge >= 0.3 is 0 Å². The highest BCUT2D eigenvalue weighted by Crippen LogP contribution is 2.21. The molecule has 0 saturated heterocycles. The lowest BCUT2D eigenvalue weighted by molar-refractivity contribution is 0.191. The summed E-state index contributed by atoms with van der Waals surface area (Å²) < 4.78 is 20.9. The maximum absolute atomic E-state index is 13.6. The van der Waals surface area contributed by atoms with Crippen molar-refractivity contribution in [2.75, 3.05) is 19.6 Å². The van der Waals surface area contributed by atoms with Crippen molar-refractivity contribution in [2.24, 2.45) is 0 Å². The Morgan fingerprint density at radius 2 is 2.15 bits per heavy atom. The SMILES string of the molecule is COCCCCn1c(CCCl)nc2cc(F)c(C)cc21. The highest BCUT2D eigenvalue weighted by Gasteiger charge is 2.12. The summed E-state index contributed by atoms with van der Waals surface area (Å²) in [6.45, 7) is 3.39. The number of unbranched alkanes of at least 4 members (excludes halogenated alkanes) is 1. The highest BCUT2D eigenvalue weighted by molar-refractivity contribution is 6.17. The van der Waals surface area contributed by atoms with Crippen LogP contribution in [-0.4, -0.2) is 29.1 Å². The van der Waals surface area contributed by atoms with Gasteiger partial charge < -0.3 is 9.30 Å². The van der Waals surface area contributed by atoms with E-state index in [9.17, 15) is 4.39 Å². The van der Waals surface area contributed by atoms with Crippen molar-refractivity contribution in [2.45, 2.75) is 32.7 Å². The molecule has 2 rings (SSSR count). The number of benzene rings is 1. The van der Waals surface area contributed by atoms with Crippen LogP contribution in [0.15, 0.2) is 12.1 Å². The van der Waals surface area contributed by atoms with E-state index in [0.29, 0.717) is 23.4 Å². The number of imidazole rings is 1. The first-order chi connectivity index (χ1) is 9.67. The number of fused-ring (bicyclic) bond motifs is 1.